The van der Waals surface area contributed by atoms with Crippen LogP contribution in [0.1, 0.15) is 29.5 Å². The minimum absolute atomic E-state index is 0.778. The number of pyridine rings is 2. The number of nitrogens with two attached hydrogens (primary N) is 1. The van der Waals surface area contributed by atoms with Gasteiger partial charge in [-0.05, 0) is 91.9 Å². The molecule has 1 aliphatic rings. The molecule has 0 spiro atoms. The molecule has 5 heteroatoms. The number of nitrogens with one attached hydrogen (secondary N) is 1. The van der Waals surface area contributed by atoms with Gasteiger partial charge < -0.3 is 11.1 Å². The van der Waals surface area contributed by atoms with Gasteiger partial charge in [-0.2, -0.15) is 0 Å². The molecular weight excluding hydrogens is 394 g/mol. The highest BCUT2D eigenvalue weighted by atomic mass is 15.1. The van der Waals surface area contributed by atoms with Crippen LogP contribution < -0.4 is 11.1 Å². The number of hydrogen-bond donors (Lipinski definition) is 2. The van der Waals surface area contributed by atoms with E-state index in [2.05, 4.69) is 59.4 Å². The first kappa shape index (κ1) is 20.5. The van der Waals surface area contributed by atoms with E-state index >= 15 is 0 Å². The number of likely N-dealkylation sites (tertiary alicyclic amines) is 1. The van der Waals surface area contributed by atoms with E-state index in [4.69, 9.17) is 10.7 Å². The Balaban J connectivity index is 1.47. The summed E-state index contributed by atoms with van der Waals surface area (Å²) in [5, 5.41) is 4.65. The van der Waals surface area contributed by atoms with Crippen molar-refractivity contribution >= 4 is 28.1 Å². The molecular formula is C27H29N5. The number of nitrogens with zero attached hydrogens (tertiary/aromatic N) is 3. The van der Waals surface area contributed by atoms with E-state index in [-0.39, 0.29) is 0 Å². The molecule has 1 aliphatic heterocycles. The minimum atomic E-state index is 0.778. The molecule has 0 aliphatic carbocycles. The lowest BCUT2D eigenvalue weighted by Crippen LogP contribution is -2.18. The quantitative estimate of drug-likeness (QED) is 0.395. The Bertz CT molecular complexity index is 1270. The number of benzene rings is 2. The van der Waals surface area contributed by atoms with Crippen molar-refractivity contribution in [3.05, 3.63) is 77.6 Å². The van der Waals surface area contributed by atoms with Crippen LogP contribution in [0.3, 0.4) is 0 Å². The maximum absolute atomic E-state index is 6.16. The number of nitrogen functional groups attached to an aromatic ring is 1. The summed E-state index contributed by atoms with van der Waals surface area (Å²) in [6, 6.07) is 16.7. The van der Waals surface area contributed by atoms with Crippen molar-refractivity contribution in [2.45, 2.75) is 33.2 Å². The Hall–Kier alpha value is -3.44. The van der Waals surface area contributed by atoms with Gasteiger partial charge in [0, 0.05) is 35.7 Å². The van der Waals surface area contributed by atoms with Crippen molar-refractivity contribution in [2.75, 3.05) is 24.1 Å². The molecule has 1 fully saturated rings. The van der Waals surface area contributed by atoms with Gasteiger partial charge in [0.1, 0.15) is 5.52 Å². The Morgan fingerprint density at radius 1 is 0.938 bits per heavy atom. The van der Waals surface area contributed by atoms with E-state index in [1.807, 2.05) is 30.6 Å². The summed E-state index contributed by atoms with van der Waals surface area (Å²) < 4.78 is 0. The fourth-order valence-corrected chi connectivity index (χ4v) is 4.62. The molecule has 3 heterocycles. The fourth-order valence-electron chi connectivity index (χ4n) is 4.62. The molecule has 32 heavy (non-hydrogen) atoms. The first-order valence-corrected chi connectivity index (χ1v) is 11.3. The summed E-state index contributed by atoms with van der Waals surface area (Å²) in [7, 11) is 0. The van der Waals surface area contributed by atoms with Crippen LogP contribution in [-0.4, -0.2) is 28.0 Å². The SMILES string of the molecule is Cc1c(N)cccc1-c1cccc(Nc2nccc3cc(CN4CCCC4)cnc23)c1C. The molecule has 1 saturated heterocycles. The lowest BCUT2D eigenvalue weighted by Gasteiger charge is -2.17. The van der Waals surface area contributed by atoms with Crippen molar-refractivity contribution in [2.24, 2.45) is 0 Å². The van der Waals surface area contributed by atoms with Crippen LogP contribution in [0, 0.1) is 13.8 Å². The molecule has 0 atom stereocenters. The van der Waals surface area contributed by atoms with Crippen LogP contribution in [0.25, 0.3) is 22.0 Å². The molecule has 5 nitrogen and oxygen atoms in total. The zero-order valence-electron chi connectivity index (χ0n) is 18.7. The standard InChI is InChI=1S/C27H29N5/c1-18-22(7-5-9-24(18)28)23-8-6-10-25(19(23)2)31-27-26-21(11-12-29-27)15-20(16-30-26)17-32-13-3-4-14-32/h5-12,15-16H,3-4,13-14,17,28H2,1-2H3,(H,29,31). The van der Waals surface area contributed by atoms with Gasteiger partial charge in [0.25, 0.3) is 0 Å². The molecule has 5 rings (SSSR count). The second-order valence-corrected chi connectivity index (χ2v) is 8.68. The summed E-state index contributed by atoms with van der Waals surface area (Å²) >= 11 is 0. The maximum Gasteiger partial charge on any atom is 0.156 e. The van der Waals surface area contributed by atoms with Crippen LogP contribution in [-0.2, 0) is 6.54 Å². The maximum atomic E-state index is 6.16. The third-order valence-electron chi connectivity index (χ3n) is 6.51. The summed E-state index contributed by atoms with van der Waals surface area (Å²) in [6.07, 6.45) is 6.44. The van der Waals surface area contributed by atoms with E-state index in [0.717, 1.165) is 51.3 Å². The first-order valence-electron chi connectivity index (χ1n) is 11.3. The molecule has 2 aromatic heterocycles. The highest BCUT2D eigenvalue weighted by Crippen LogP contribution is 2.34. The van der Waals surface area contributed by atoms with E-state index in [1.54, 1.807) is 0 Å². The van der Waals surface area contributed by atoms with Crippen LogP contribution in [0.5, 0.6) is 0 Å². The van der Waals surface area contributed by atoms with Crippen molar-refractivity contribution in [1.29, 1.82) is 0 Å². The van der Waals surface area contributed by atoms with Gasteiger partial charge in [0.15, 0.2) is 5.82 Å². The van der Waals surface area contributed by atoms with E-state index in [0.29, 0.717) is 0 Å². The number of fused-ring (bicyclic) bond motifs is 1. The molecule has 3 N–H and O–H groups in total. The third-order valence-corrected chi connectivity index (χ3v) is 6.51. The zero-order valence-corrected chi connectivity index (χ0v) is 18.7. The second kappa shape index (κ2) is 8.60. The molecule has 2 aromatic carbocycles. The molecule has 0 unspecified atom stereocenters. The first-order chi connectivity index (χ1) is 15.6. The predicted octanol–water partition coefficient (Wildman–Crippen LogP) is 5.84. The van der Waals surface area contributed by atoms with Crippen LogP contribution in [0.2, 0.25) is 0 Å². The molecule has 0 radical (unpaired) electrons. The van der Waals surface area contributed by atoms with Crippen LogP contribution in [0.15, 0.2) is 60.9 Å². The van der Waals surface area contributed by atoms with Crippen molar-refractivity contribution in [3.8, 4) is 11.1 Å². The van der Waals surface area contributed by atoms with Gasteiger partial charge in [-0.1, -0.05) is 24.3 Å². The van der Waals surface area contributed by atoms with Gasteiger partial charge in [0.05, 0.1) is 0 Å². The van der Waals surface area contributed by atoms with Gasteiger partial charge >= 0.3 is 0 Å². The summed E-state index contributed by atoms with van der Waals surface area (Å²) in [4.78, 5) is 11.9. The fraction of sp³-hybridized carbons (Fsp3) is 0.259. The zero-order chi connectivity index (χ0) is 22.1. The molecule has 0 bridgehead atoms. The van der Waals surface area contributed by atoms with E-state index in [1.165, 1.54) is 37.1 Å². The van der Waals surface area contributed by atoms with Gasteiger partial charge in [-0.25, -0.2) is 4.98 Å². The number of aromatic nitrogens is 2. The summed E-state index contributed by atoms with van der Waals surface area (Å²) in [6.45, 7) is 7.54. The summed E-state index contributed by atoms with van der Waals surface area (Å²) in [5.41, 5.74) is 14.7. The van der Waals surface area contributed by atoms with Gasteiger partial charge in [0.2, 0.25) is 0 Å². The average molecular weight is 424 g/mol. The number of hydrogen-bond acceptors (Lipinski definition) is 5. The smallest absolute Gasteiger partial charge is 0.156 e. The van der Waals surface area contributed by atoms with Crippen molar-refractivity contribution in [1.82, 2.24) is 14.9 Å². The van der Waals surface area contributed by atoms with Crippen molar-refractivity contribution in [3.63, 3.8) is 0 Å². The lowest BCUT2D eigenvalue weighted by molar-refractivity contribution is 0.331. The second-order valence-electron chi connectivity index (χ2n) is 8.68. The van der Waals surface area contributed by atoms with E-state index in [9.17, 15) is 0 Å². The third kappa shape index (κ3) is 3.92. The normalized spacial score (nSPS) is 14.2. The monoisotopic (exact) mass is 423 g/mol. The Morgan fingerprint density at radius 2 is 1.69 bits per heavy atom. The Kier molecular flexibility index (Phi) is 5.50. The van der Waals surface area contributed by atoms with Gasteiger partial charge in [-0.3, -0.25) is 9.88 Å². The van der Waals surface area contributed by atoms with Crippen molar-refractivity contribution < 1.29 is 0 Å². The average Bonchev–Trinajstić information content (AvgIpc) is 3.30. The van der Waals surface area contributed by atoms with Crippen LogP contribution >= 0.6 is 0 Å². The Labute approximate surface area is 189 Å². The summed E-state index contributed by atoms with van der Waals surface area (Å²) in [5.74, 6) is 0.778. The topological polar surface area (TPSA) is 67.1 Å². The predicted molar refractivity (Wildman–Crippen MR) is 133 cm³/mol. The lowest BCUT2D eigenvalue weighted by atomic mass is 9.95. The highest BCUT2D eigenvalue weighted by molar-refractivity contribution is 5.91. The number of rotatable bonds is 5. The largest absolute Gasteiger partial charge is 0.398 e. The van der Waals surface area contributed by atoms with Gasteiger partial charge in [-0.15, -0.1) is 0 Å². The molecule has 4 aromatic rings. The molecule has 162 valence electrons. The van der Waals surface area contributed by atoms with Crippen LogP contribution in [0.4, 0.5) is 17.2 Å². The minimum Gasteiger partial charge on any atom is -0.398 e. The molecule has 0 amide bonds. The molecule has 0 saturated carbocycles. The highest BCUT2D eigenvalue weighted by Gasteiger charge is 2.14. The Morgan fingerprint density at radius 3 is 2.50 bits per heavy atom. The van der Waals surface area contributed by atoms with E-state index < -0.39 is 0 Å². The number of anilines is 3.